The summed E-state index contributed by atoms with van der Waals surface area (Å²) in [5, 5.41) is 11.8. The third kappa shape index (κ3) is 3.76. The number of fused-ring (bicyclic) bond motifs is 1. The van der Waals surface area contributed by atoms with Crippen molar-refractivity contribution in [2.45, 2.75) is 0 Å². The number of nitro benzene ring substituents is 1. The molecule has 1 aromatic heterocycles. The zero-order chi connectivity index (χ0) is 19.5. The number of aromatic nitrogens is 1. The van der Waals surface area contributed by atoms with Crippen LogP contribution in [0.1, 0.15) is 0 Å². The van der Waals surface area contributed by atoms with E-state index in [-0.39, 0.29) is 16.5 Å². The summed E-state index contributed by atoms with van der Waals surface area (Å²) in [6.07, 6.45) is 1.65. The molecule has 0 unspecified atom stereocenters. The largest absolute Gasteiger partial charge is 0.379 e. The van der Waals surface area contributed by atoms with Crippen LogP contribution in [0.4, 0.5) is 11.4 Å². The summed E-state index contributed by atoms with van der Waals surface area (Å²) in [4.78, 5) is 34.1. The summed E-state index contributed by atoms with van der Waals surface area (Å²) < 4.78 is 5.33. The third-order valence-corrected chi connectivity index (χ3v) is 5.36. The number of morpholine rings is 1. The number of carbonyl (C=O) groups is 1. The highest BCUT2D eigenvalue weighted by atomic mass is 16.6. The van der Waals surface area contributed by atoms with Crippen LogP contribution in [0.3, 0.4) is 0 Å². The molecule has 2 fully saturated rings. The molecular weight excluding hydrogens is 362 g/mol. The van der Waals surface area contributed by atoms with Crippen LogP contribution in [-0.4, -0.2) is 84.6 Å². The van der Waals surface area contributed by atoms with Gasteiger partial charge in [0.15, 0.2) is 0 Å². The minimum Gasteiger partial charge on any atom is -0.379 e. The van der Waals surface area contributed by atoms with Crippen LogP contribution >= 0.6 is 0 Å². The summed E-state index contributed by atoms with van der Waals surface area (Å²) in [5.41, 5.74) is 1.57. The van der Waals surface area contributed by atoms with E-state index in [4.69, 9.17) is 4.74 Å². The van der Waals surface area contributed by atoms with Gasteiger partial charge in [-0.1, -0.05) is 0 Å². The van der Waals surface area contributed by atoms with Gasteiger partial charge in [0.1, 0.15) is 5.52 Å². The van der Waals surface area contributed by atoms with E-state index in [1.165, 1.54) is 6.07 Å². The van der Waals surface area contributed by atoms with Gasteiger partial charge in [0.25, 0.3) is 5.69 Å². The lowest BCUT2D eigenvalue weighted by molar-refractivity contribution is -0.383. The van der Waals surface area contributed by atoms with Crippen molar-refractivity contribution in [3.63, 3.8) is 0 Å². The predicted octanol–water partition coefficient (Wildman–Crippen LogP) is 1.12. The molecule has 9 heteroatoms. The van der Waals surface area contributed by atoms with Crippen molar-refractivity contribution in [2.24, 2.45) is 0 Å². The molecule has 2 aliphatic rings. The summed E-state index contributed by atoms with van der Waals surface area (Å²) in [5.74, 6) is 0.147. The Balaban J connectivity index is 1.44. The van der Waals surface area contributed by atoms with E-state index in [1.807, 2.05) is 4.90 Å². The topological polar surface area (TPSA) is 92.0 Å². The normalized spacial score (nSPS) is 18.4. The second kappa shape index (κ2) is 8.07. The van der Waals surface area contributed by atoms with Crippen molar-refractivity contribution >= 4 is 28.2 Å². The molecule has 0 atom stereocenters. The number of amides is 1. The number of ether oxygens (including phenoxy) is 1. The monoisotopic (exact) mass is 385 g/mol. The van der Waals surface area contributed by atoms with Crippen LogP contribution in [0.5, 0.6) is 0 Å². The first kappa shape index (κ1) is 18.6. The van der Waals surface area contributed by atoms with Crippen LogP contribution < -0.4 is 4.90 Å². The summed E-state index contributed by atoms with van der Waals surface area (Å²) in [6.45, 7) is 6.02. The lowest BCUT2D eigenvalue weighted by Gasteiger charge is -2.37. The molecule has 2 aliphatic heterocycles. The molecular formula is C19H23N5O4. The van der Waals surface area contributed by atoms with Gasteiger partial charge in [0.05, 0.1) is 35.8 Å². The maximum atomic E-state index is 12.6. The summed E-state index contributed by atoms with van der Waals surface area (Å²) >= 11 is 0. The molecule has 4 rings (SSSR count). The highest BCUT2D eigenvalue weighted by molar-refractivity contribution is 5.97. The number of non-ortho nitro benzene ring substituents is 1. The van der Waals surface area contributed by atoms with E-state index in [0.717, 1.165) is 18.8 Å². The number of rotatable bonds is 4. The van der Waals surface area contributed by atoms with E-state index >= 15 is 0 Å². The highest BCUT2D eigenvalue weighted by Crippen LogP contribution is 2.32. The van der Waals surface area contributed by atoms with Gasteiger partial charge >= 0.3 is 0 Å². The lowest BCUT2D eigenvalue weighted by atomic mass is 10.1. The number of piperazine rings is 1. The second-order valence-electron chi connectivity index (χ2n) is 7.02. The molecule has 0 saturated carbocycles. The van der Waals surface area contributed by atoms with E-state index in [9.17, 15) is 14.9 Å². The Kier molecular flexibility index (Phi) is 5.36. The third-order valence-electron chi connectivity index (χ3n) is 5.36. The fraction of sp³-hybridized carbons (Fsp3) is 0.474. The Labute approximate surface area is 162 Å². The van der Waals surface area contributed by atoms with E-state index in [0.29, 0.717) is 56.8 Å². The van der Waals surface area contributed by atoms with Gasteiger partial charge in [-0.15, -0.1) is 0 Å². The molecule has 1 aromatic carbocycles. The number of anilines is 1. The quantitative estimate of drug-likeness (QED) is 0.575. The molecule has 0 bridgehead atoms. The maximum absolute atomic E-state index is 12.6. The van der Waals surface area contributed by atoms with E-state index in [1.54, 1.807) is 24.4 Å². The first-order valence-corrected chi connectivity index (χ1v) is 9.48. The van der Waals surface area contributed by atoms with Crippen molar-refractivity contribution in [3.8, 4) is 0 Å². The van der Waals surface area contributed by atoms with Crippen molar-refractivity contribution in [2.75, 3.05) is 63.9 Å². The van der Waals surface area contributed by atoms with Gasteiger partial charge in [-0.2, -0.15) is 0 Å². The molecule has 1 amide bonds. The molecule has 0 radical (unpaired) electrons. The predicted molar refractivity (Wildman–Crippen MR) is 104 cm³/mol. The Morgan fingerprint density at radius 2 is 1.86 bits per heavy atom. The maximum Gasteiger partial charge on any atom is 0.278 e. The molecule has 28 heavy (non-hydrogen) atoms. The van der Waals surface area contributed by atoms with Gasteiger partial charge in [-0.3, -0.25) is 24.8 Å². The summed E-state index contributed by atoms with van der Waals surface area (Å²) in [6, 6.07) is 6.74. The Bertz CT molecular complexity index is 876. The average molecular weight is 385 g/mol. The zero-order valence-electron chi connectivity index (χ0n) is 15.6. The zero-order valence-corrected chi connectivity index (χ0v) is 15.6. The fourth-order valence-corrected chi connectivity index (χ4v) is 3.80. The average Bonchev–Trinajstić information content (AvgIpc) is 2.73. The number of pyridine rings is 1. The molecule has 2 aromatic rings. The van der Waals surface area contributed by atoms with Gasteiger partial charge in [-0.25, -0.2) is 0 Å². The number of carbonyl (C=O) groups excluding carboxylic acids is 1. The number of nitrogens with zero attached hydrogens (tertiary/aromatic N) is 5. The number of hydrogen-bond donors (Lipinski definition) is 0. The number of hydrogen-bond acceptors (Lipinski definition) is 7. The minimum atomic E-state index is -0.379. The van der Waals surface area contributed by atoms with Crippen LogP contribution in [0.25, 0.3) is 10.9 Å². The summed E-state index contributed by atoms with van der Waals surface area (Å²) in [7, 11) is 0. The van der Waals surface area contributed by atoms with Crippen molar-refractivity contribution in [3.05, 3.63) is 40.6 Å². The molecule has 2 saturated heterocycles. The SMILES string of the molecule is O=C(CN1CCOCC1)N1CCN(c2ccc([N+](=O)[O-])c3cccnc23)CC1. The van der Waals surface area contributed by atoms with E-state index in [2.05, 4.69) is 14.8 Å². The van der Waals surface area contributed by atoms with E-state index < -0.39 is 0 Å². The minimum absolute atomic E-state index is 0.0613. The molecule has 9 nitrogen and oxygen atoms in total. The van der Waals surface area contributed by atoms with Gasteiger partial charge in [0.2, 0.25) is 5.91 Å². The fourth-order valence-electron chi connectivity index (χ4n) is 3.80. The molecule has 0 aliphatic carbocycles. The smallest absolute Gasteiger partial charge is 0.278 e. The first-order chi connectivity index (χ1) is 13.6. The Hall–Kier alpha value is -2.78. The highest BCUT2D eigenvalue weighted by Gasteiger charge is 2.25. The van der Waals surface area contributed by atoms with Crippen LogP contribution in [0.2, 0.25) is 0 Å². The van der Waals surface area contributed by atoms with Gasteiger partial charge in [0, 0.05) is 51.5 Å². The lowest BCUT2D eigenvalue weighted by Crippen LogP contribution is -2.52. The standard InChI is InChI=1S/C19H23N5O4/c25-18(14-21-10-12-28-13-11-21)23-8-6-22(7-9-23)17-4-3-16(24(26)27)15-2-1-5-20-19(15)17/h1-5H,6-14H2. The van der Waals surface area contributed by atoms with Gasteiger partial charge < -0.3 is 14.5 Å². The Morgan fingerprint density at radius 3 is 2.57 bits per heavy atom. The van der Waals surface area contributed by atoms with Crippen LogP contribution in [0.15, 0.2) is 30.5 Å². The van der Waals surface area contributed by atoms with Crippen LogP contribution in [0, 0.1) is 10.1 Å². The molecule has 0 spiro atoms. The van der Waals surface area contributed by atoms with Gasteiger partial charge in [-0.05, 0) is 18.2 Å². The first-order valence-electron chi connectivity index (χ1n) is 9.48. The van der Waals surface area contributed by atoms with Crippen molar-refractivity contribution in [1.29, 1.82) is 0 Å². The second-order valence-corrected chi connectivity index (χ2v) is 7.02. The molecule has 0 N–H and O–H groups in total. The molecule has 148 valence electrons. The van der Waals surface area contributed by atoms with Crippen LogP contribution in [-0.2, 0) is 9.53 Å². The Morgan fingerprint density at radius 1 is 1.11 bits per heavy atom. The van der Waals surface area contributed by atoms with Crippen molar-refractivity contribution < 1.29 is 14.5 Å². The van der Waals surface area contributed by atoms with Crippen molar-refractivity contribution in [1.82, 2.24) is 14.8 Å². The number of benzene rings is 1. The number of nitro groups is 1. The molecule has 3 heterocycles.